The lowest BCUT2D eigenvalue weighted by atomic mass is 9.85. The van der Waals surface area contributed by atoms with Crippen molar-refractivity contribution in [2.24, 2.45) is 0 Å². The van der Waals surface area contributed by atoms with Gasteiger partial charge in [-0.1, -0.05) is 12.1 Å². The Bertz CT molecular complexity index is 788. The molecule has 1 aliphatic rings. The molecule has 0 atom stereocenters. The van der Waals surface area contributed by atoms with Crippen LogP contribution in [0.15, 0.2) is 42.0 Å². The Balaban J connectivity index is 1.94. The average molecular weight is 324 g/mol. The van der Waals surface area contributed by atoms with Crippen LogP contribution >= 0.6 is 0 Å². The van der Waals surface area contributed by atoms with Crippen LogP contribution in [-0.2, 0) is 6.42 Å². The Labute approximate surface area is 141 Å². The van der Waals surface area contributed by atoms with Gasteiger partial charge in [0.2, 0.25) is 0 Å². The van der Waals surface area contributed by atoms with Crippen LogP contribution in [0.1, 0.15) is 27.9 Å². The average Bonchev–Trinajstić information content (AvgIpc) is 2.63. The Hall–Kier alpha value is -2.75. The minimum absolute atomic E-state index is 0.0491. The number of Topliss-reactive ketones (excluding diaryl/α,β-unsaturated/α-hetero) is 1. The summed E-state index contributed by atoms with van der Waals surface area (Å²) in [5.41, 5.74) is 3.49. The first kappa shape index (κ1) is 16.1. The van der Waals surface area contributed by atoms with E-state index in [4.69, 9.17) is 14.2 Å². The summed E-state index contributed by atoms with van der Waals surface area (Å²) < 4.78 is 15.8. The van der Waals surface area contributed by atoms with E-state index < -0.39 is 0 Å². The van der Waals surface area contributed by atoms with E-state index in [1.54, 1.807) is 27.4 Å². The van der Waals surface area contributed by atoms with Crippen molar-refractivity contribution >= 4 is 11.9 Å². The molecule has 0 N–H and O–H groups in total. The fourth-order valence-corrected chi connectivity index (χ4v) is 2.93. The van der Waals surface area contributed by atoms with Crippen molar-refractivity contribution in [3.8, 4) is 17.2 Å². The lowest BCUT2D eigenvalue weighted by molar-refractivity contribution is 0.102. The SMILES string of the molecule is COc1ccc(C=C2CCc3cc(OC)c(OC)cc3C2=O)cc1. The Kier molecular flexibility index (Phi) is 4.56. The number of carbonyl (C=O) groups is 1. The number of rotatable bonds is 4. The molecular formula is C20H20O4. The van der Waals surface area contributed by atoms with E-state index in [2.05, 4.69) is 0 Å². The van der Waals surface area contributed by atoms with Crippen LogP contribution in [0.5, 0.6) is 17.2 Å². The molecule has 0 unspecified atom stereocenters. The van der Waals surface area contributed by atoms with Gasteiger partial charge < -0.3 is 14.2 Å². The van der Waals surface area contributed by atoms with Gasteiger partial charge in [0, 0.05) is 11.1 Å². The molecule has 24 heavy (non-hydrogen) atoms. The molecule has 0 aromatic heterocycles. The first-order valence-electron chi connectivity index (χ1n) is 7.80. The predicted molar refractivity (Wildman–Crippen MR) is 93.2 cm³/mol. The molecule has 0 saturated heterocycles. The second-order valence-corrected chi connectivity index (χ2v) is 5.64. The molecule has 2 aromatic rings. The molecule has 0 heterocycles. The molecule has 0 bridgehead atoms. The van der Waals surface area contributed by atoms with Crippen LogP contribution in [-0.4, -0.2) is 27.1 Å². The lowest BCUT2D eigenvalue weighted by Gasteiger charge is -2.20. The standard InChI is InChI=1S/C20H20O4/c1-22-16-8-4-13(5-9-16)10-15-7-6-14-11-18(23-2)19(24-3)12-17(14)20(15)21/h4-5,8-12H,6-7H2,1-3H3. The number of aryl methyl sites for hydroxylation is 1. The molecule has 0 aliphatic heterocycles. The first-order valence-corrected chi connectivity index (χ1v) is 7.80. The van der Waals surface area contributed by atoms with Gasteiger partial charge in [-0.15, -0.1) is 0 Å². The molecular weight excluding hydrogens is 304 g/mol. The maximum absolute atomic E-state index is 12.8. The third-order valence-corrected chi connectivity index (χ3v) is 4.27. The van der Waals surface area contributed by atoms with E-state index in [9.17, 15) is 4.79 Å². The normalized spacial score (nSPS) is 15.1. The van der Waals surface area contributed by atoms with Gasteiger partial charge in [-0.2, -0.15) is 0 Å². The van der Waals surface area contributed by atoms with Crippen LogP contribution in [0.3, 0.4) is 0 Å². The highest BCUT2D eigenvalue weighted by Gasteiger charge is 2.24. The summed E-state index contributed by atoms with van der Waals surface area (Å²) in [6.45, 7) is 0. The van der Waals surface area contributed by atoms with Gasteiger partial charge in [0.15, 0.2) is 17.3 Å². The number of carbonyl (C=O) groups excluding carboxylic acids is 1. The van der Waals surface area contributed by atoms with Crippen molar-refractivity contribution < 1.29 is 19.0 Å². The number of ether oxygens (including phenoxy) is 3. The number of methoxy groups -OCH3 is 3. The van der Waals surface area contributed by atoms with Gasteiger partial charge in [-0.05, 0) is 54.3 Å². The van der Waals surface area contributed by atoms with Gasteiger partial charge in [0.1, 0.15) is 5.75 Å². The van der Waals surface area contributed by atoms with Crippen LogP contribution in [0.2, 0.25) is 0 Å². The fourth-order valence-electron chi connectivity index (χ4n) is 2.93. The van der Waals surface area contributed by atoms with Gasteiger partial charge in [0.25, 0.3) is 0 Å². The van der Waals surface area contributed by atoms with Crippen LogP contribution in [0, 0.1) is 0 Å². The van der Waals surface area contributed by atoms with E-state index in [-0.39, 0.29) is 5.78 Å². The molecule has 0 fully saturated rings. The summed E-state index contributed by atoms with van der Waals surface area (Å²) in [5.74, 6) is 2.09. The molecule has 0 amide bonds. The summed E-state index contributed by atoms with van der Waals surface area (Å²) in [4.78, 5) is 12.8. The van der Waals surface area contributed by atoms with Gasteiger partial charge in [-0.3, -0.25) is 4.79 Å². The van der Waals surface area contributed by atoms with Gasteiger partial charge in [0.05, 0.1) is 21.3 Å². The third-order valence-electron chi connectivity index (χ3n) is 4.27. The van der Waals surface area contributed by atoms with Crippen molar-refractivity contribution in [1.82, 2.24) is 0 Å². The number of hydrogen-bond acceptors (Lipinski definition) is 4. The molecule has 3 rings (SSSR count). The summed E-state index contributed by atoms with van der Waals surface area (Å²) in [6.07, 6.45) is 3.47. The molecule has 124 valence electrons. The van der Waals surface area contributed by atoms with Crippen molar-refractivity contribution in [3.63, 3.8) is 0 Å². The summed E-state index contributed by atoms with van der Waals surface area (Å²) in [5, 5.41) is 0. The van der Waals surface area contributed by atoms with Crippen LogP contribution in [0.25, 0.3) is 6.08 Å². The quantitative estimate of drug-likeness (QED) is 0.800. The Morgan fingerprint density at radius 2 is 1.54 bits per heavy atom. The Morgan fingerprint density at radius 3 is 2.17 bits per heavy atom. The van der Waals surface area contributed by atoms with Crippen molar-refractivity contribution in [2.75, 3.05) is 21.3 Å². The molecule has 0 saturated carbocycles. The van der Waals surface area contributed by atoms with Gasteiger partial charge in [-0.25, -0.2) is 0 Å². The highest BCUT2D eigenvalue weighted by Crippen LogP contribution is 2.35. The molecule has 2 aromatic carbocycles. The van der Waals surface area contributed by atoms with E-state index >= 15 is 0 Å². The number of ketones is 1. The van der Waals surface area contributed by atoms with Gasteiger partial charge >= 0.3 is 0 Å². The second kappa shape index (κ2) is 6.79. The van der Waals surface area contributed by atoms with Crippen LogP contribution < -0.4 is 14.2 Å². The zero-order valence-corrected chi connectivity index (χ0v) is 14.1. The predicted octanol–water partition coefficient (Wildman–Crippen LogP) is 3.92. The van der Waals surface area contributed by atoms with Crippen molar-refractivity contribution in [2.45, 2.75) is 12.8 Å². The maximum Gasteiger partial charge on any atom is 0.189 e. The first-order chi connectivity index (χ1) is 11.7. The number of allylic oxidation sites excluding steroid dienone is 1. The fraction of sp³-hybridized carbons (Fsp3) is 0.250. The zero-order valence-electron chi connectivity index (χ0n) is 14.1. The largest absolute Gasteiger partial charge is 0.497 e. The summed E-state index contributed by atoms with van der Waals surface area (Å²) in [6, 6.07) is 11.4. The molecule has 4 heteroatoms. The lowest BCUT2D eigenvalue weighted by Crippen LogP contribution is -2.14. The zero-order chi connectivity index (χ0) is 17.1. The highest BCUT2D eigenvalue weighted by atomic mass is 16.5. The monoisotopic (exact) mass is 324 g/mol. The second-order valence-electron chi connectivity index (χ2n) is 5.64. The summed E-state index contributed by atoms with van der Waals surface area (Å²) >= 11 is 0. The van der Waals surface area contributed by atoms with E-state index in [0.717, 1.165) is 28.9 Å². The number of hydrogen-bond donors (Lipinski definition) is 0. The molecule has 1 aliphatic carbocycles. The highest BCUT2D eigenvalue weighted by molar-refractivity contribution is 6.13. The molecule has 4 nitrogen and oxygen atoms in total. The Morgan fingerprint density at radius 1 is 0.875 bits per heavy atom. The molecule has 0 spiro atoms. The minimum atomic E-state index is 0.0491. The van der Waals surface area contributed by atoms with Crippen molar-refractivity contribution in [3.05, 3.63) is 58.7 Å². The smallest absolute Gasteiger partial charge is 0.189 e. The van der Waals surface area contributed by atoms with E-state index in [0.29, 0.717) is 23.5 Å². The summed E-state index contributed by atoms with van der Waals surface area (Å²) in [7, 11) is 4.81. The third kappa shape index (κ3) is 3.00. The number of benzene rings is 2. The van der Waals surface area contributed by atoms with E-state index in [1.165, 1.54) is 0 Å². The van der Waals surface area contributed by atoms with E-state index in [1.807, 2.05) is 36.4 Å². The van der Waals surface area contributed by atoms with Crippen LogP contribution in [0.4, 0.5) is 0 Å². The maximum atomic E-state index is 12.8. The molecule has 0 radical (unpaired) electrons. The topological polar surface area (TPSA) is 44.8 Å². The number of fused-ring (bicyclic) bond motifs is 1. The van der Waals surface area contributed by atoms with Crippen molar-refractivity contribution in [1.29, 1.82) is 0 Å². The minimum Gasteiger partial charge on any atom is -0.497 e.